The van der Waals surface area contributed by atoms with Gasteiger partial charge >= 0.3 is 0 Å². The van der Waals surface area contributed by atoms with Gasteiger partial charge in [0.25, 0.3) is 0 Å². The van der Waals surface area contributed by atoms with E-state index in [9.17, 15) is 13.2 Å². The minimum absolute atomic E-state index is 0.192. The summed E-state index contributed by atoms with van der Waals surface area (Å²) >= 11 is 0. The van der Waals surface area contributed by atoms with Crippen LogP contribution < -0.4 is 5.32 Å². The van der Waals surface area contributed by atoms with Crippen molar-refractivity contribution in [3.8, 4) is 11.4 Å². The van der Waals surface area contributed by atoms with Crippen molar-refractivity contribution in [2.45, 2.75) is 38.6 Å². The van der Waals surface area contributed by atoms with E-state index < -0.39 is 11.6 Å². The second-order valence-corrected chi connectivity index (χ2v) is 9.25. The highest BCUT2D eigenvalue weighted by Gasteiger charge is 2.41. The quantitative estimate of drug-likeness (QED) is 0.389. The van der Waals surface area contributed by atoms with Crippen LogP contribution in [-0.2, 0) is 0 Å². The van der Waals surface area contributed by atoms with Crippen molar-refractivity contribution in [3.63, 3.8) is 0 Å². The van der Waals surface area contributed by atoms with E-state index in [1.54, 1.807) is 18.3 Å². The van der Waals surface area contributed by atoms with Gasteiger partial charge in [-0.25, -0.2) is 23.1 Å². The number of benzene rings is 2. The highest BCUT2D eigenvalue weighted by Crippen LogP contribution is 2.46. The van der Waals surface area contributed by atoms with Gasteiger partial charge in [0.1, 0.15) is 23.3 Å². The molecule has 4 nitrogen and oxygen atoms in total. The molecule has 32 heavy (non-hydrogen) atoms. The van der Waals surface area contributed by atoms with E-state index in [2.05, 4.69) is 22.2 Å². The van der Waals surface area contributed by atoms with Crippen molar-refractivity contribution in [2.24, 2.45) is 17.8 Å². The second kappa shape index (κ2) is 7.22. The molecule has 2 bridgehead atoms. The molecule has 3 saturated carbocycles. The molecule has 3 aliphatic carbocycles. The summed E-state index contributed by atoms with van der Waals surface area (Å²) in [5.41, 5.74) is 1.13. The largest absolute Gasteiger partial charge is 0.366 e. The minimum Gasteiger partial charge on any atom is -0.366 e. The second-order valence-electron chi connectivity index (χ2n) is 9.25. The van der Waals surface area contributed by atoms with E-state index in [4.69, 9.17) is 4.98 Å². The molecule has 0 radical (unpaired) electrons. The van der Waals surface area contributed by atoms with E-state index in [-0.39, 0.29) is 17.4 Å². The van der Waals surface area contributed by atoms with Gasteiger partial charge in [-0.05, 0) is 61.6 Å². The molecule has 0 saturated heterocycles. The first-order valence-electron chi connectivity index (χ1n) is 11.2. The van der Waals surface area contributed by atoms with Gasteiger partial charge in [0.05, 0.1) is 16.4 Å². The zero-order valence-electron chi connectivity index (χ0n) is 17.6. The number of rotatable bonds is 3. The highest BCUT2D eigenvalue weighted by molar-refractivity contribution is 5.97. The summed E-state index contributed by atoms with van der Waals surface area (Å²) in [7, 11) is 0. The molecule has 7 heteroatoms. The van der Waals surface area contributed by atoms with Crippen molar-refractivity contribution in [1.82, 2.24) is 15.0 Å². The first-order chi connectivity index (χ1) is 15.5. The van der Waals surface area contributed by atoms with Crippen LogP contribution in [-0.4, -0.2) is 21.0 Å². The van der Waals surface area contributed by atoms with Crippen LogP contribution in [0.2, 0.25) is 0 Å². The van der Waals surface area contributed by atoms with Crippen LogP contribution in [0.15, 0.2) is 36.5 Å². The lowest BCUT2D eigenvalue weighted by atomic mass is 9.62. The predicted octanol–water partition coefficient (Wildman–Crippen LogP) is 6.43. The van der Waals surface area contributed by atoms with Gasteiger partial charge in [0.15, 0.2) is 5.82 Å². The number of hydrogen-bond donors (Lipinski definition) is 2. The third kappa shape index (κ3) is 2.98. The number of fused-ring (bicyclic) bond motifs is 5. The number of nitrogens with zero attached hydrogens (tertiary/aromatic N) is 2. The van der Waals surface area contributed by atoms with Gasteiger partial charge in [-0.1, -0.05) is 13.0 Å². The number of halogens is 3. The van der Waals surface area contributed by atoms with Crippen molar-refractivity contribution in [2.75, 3.05) is 5.32 Å². The Kier molecular flexibility index (Phi) is 4.42. The molecular formula is C25H23F3N4. The third-order valence-corrected chi connectivity index (χ3v) is 7.56. The minimum atomic E-state index is -0.677. The highest BCUT2D eigenvalue weighted by atomic mass is 19.1. The fourth-order valence-electron chi connectivity index (χ4n) is 5.87. The van der Waals surface area contributed by atoms with E-state index in [1.165, 1.54) is 37.8 Å². The smallest absolute Gasteiger partial charge is 0.164 e. The fourth-order valence-corrected chi connectivity index (χ4v) is 5.87. The van der Waals surface area contributed by atoms with Gasteiger partial charge in [0.2, 0.25) is 0 Å². The van der Waals surface area contributed by atoms with Crippen LogP contribution in [0.4, 0.5) is 19.0 Å². The number of aromatic amines is 1. The van der Waals surface area contributed by atoms with Gasteiger partial charge in [0, 0.05) is 29.3 Å². The third-order valence-electron chi connectivity index (χ3n) is 7.56. The Morgan fingerprint density at radius 3 is 2.53 bits per heavy atom. The summed E-state index contributed by atoms with van der Waals surface area (Å²) in [4.78, 5) is 12.1. The summed E-state index contributed by atoms with van der Waals surface area (Å²) < 4.78 is 43.1. The zero-order chi connectivity index (χ0) is 22.0. The maximum atomic E-state index is 14.9. The number of H-pyrrole nitrogens is 1. The molecule has 2 N–H and O–H groups in total. The van der Waals surface area contributed by atoms with Gasteiger partial charge < -0.3 is 10.3 Å². The monoisotopic (exact) mass is 436 g/mol. The van der Waals surface area contributed by atoms with Crippen molar-refractivity contribution < 1.29 is 13.2 Å². The van der Waals surface area contributed by atoms with Crippen LogP contribution in [0.3, 0.4) is 0 Å². The van der Waals surface area contributed by atoms with Crippen LogP contribution in [0.5, 0.6) is 0 Å². The van der Waals surface area contributed by atoms with Crippen molar-refractivity contribution in [3.05, 3.63) is 54.0 Å². The van der Waals surface area contributed by atoms with Gasteiger partial charge in [-0.3, -0.25) is 0 Å². The molecule has 164 valence electrons. The summed E-state index contributed by atoms with van der Waals surface area (Å²) in [5, 5.41) is 4.27. The van der Waals surface area contributed by atoms with Crippen LogP contribution in [0.25, 0.3) is 33.2 Å². The molecular weight excluding hydrogens is 413 g/mol. The Morgan fingerprint density at radius 1 is 0.969 bits per heavy atom. The van der Waals surface area contributed by atoms with E-state index in [1.807, 2.05) is 0 Å². The van der Waals surface area contributed by atoms with Gasteiger partial charge in [-0.15, -0.1) is 0 Å². The molecule has 2 atom stereocenters. The molecule has 3 aliphatic rings. The maximum absolute atomic E-state index is 14.9. The average Bonchev–Trinajstić information content (AvgIpc) is 3.20. The molecule has 4 aromatic rings. The predicted molar refractivity (Wildman–Crippen MR) is 119 cm³/mol. The van der Waals surface area contributed by atoms with E-state index >= 15 is 0 Å². The Hall–Kier alpha value is -3.09. The lowest BCUT2D eigenvalue weighted by Crippen LogP contribution is -2.47. The molecule has 3 fully saturated rings. The Morgan fingerprint density at radius 2 is 1.75 bits per heavy atom. The number of anilines is 1. The van der Waals surface area contributed by atoms with Gasteiger partial charge in [-0.2, -0.15) is 0 Å². The Labute approximate surface area is 183 Å². The van der Waals surface area contributed by atoms with Crippen LogP contribution >= 0.6 is 0 Å². The molecule has 7 rings (SSSR count). The average molecular weight is 436 g/mol. The molecule has 2 heterocycles. The first-order valence-corrected chi connectivity index (χ1v) is 11.2. The molecule has 0 aliphatic heterocycles. The number of nitrogens with one attached hydrogen (secondary N) is 2. The molecule has 0 amide bonds. The maximum Gasteiger partial charge on any atom is 0.164 e. The summed E-state index contributed by atoms with van der Waals surface area (Å²) in [5.74, 6) is 0.687. The summed E-state index contributed by atoms with van der Waals surface area (Å²) in [6.07, 6.45) is 6.42. The standard InChI is InChI=1S/C25H23F3N4/c1-12-13-5-7-14(8-6-13)22(12)31-25-21-18(27)3-2-4-20(21)30-24(32-25)17-11-29-23-16(17)9-15(26)10-19(23)28/h2-4,9-14,22,29H,5-8H2,1H3,(H,30,31,32)/t12-,13?,14?,22+/m0/s1. The van der Waals surface area contributed by atoms with Crippen molar-refractivity contribution in [1.29, 1.82) is 0 Å². The Balaban J connectivity index is 1.52. The zero-order valence-corrected chi connectivity index (χ0v) is 17.6. The number of hydrogen-bond acceptors (Lipinski definition) is 3. The van der Waals surface area contributed by atoms with Crippen LogP contribution in [0, 0.1) is 35.2 Å². The van der Waals surface area contributed by atoms with E-state index in [0.717, 1.165) is 6.07 Å². The summed E-state index contributed by atoms with van der Waals surface area (Å²) in [6, 6.07) is 7.07. The molecule has 2 aromatic heterocycles. The molecule has 2 aromatic carbocycles. The molecule has 0 unspecified atom stereocenters. The first kappa shape index (κ1) is 19.6. The molecule has 0 spiro atoms. The van der Waals surface area contributed by atoms with Crippen LogP contribution in [0.1, 0.15) is 32.6 Å². The summed E-state index contributed by atoms with van der Waals surface area (Å²) in [6.45, 7) is 2.26. The fraction of sp³-hybridized carbons (Fsp3) is 0.360. The lowest BCUT2D eigenvalue weighted by molar-refractivity contribution is 0.0928. The van der Waals surface area contributed by atoms with E-state index in [0.29, 0.717) is 51.2 Å². The lowest BCUT2D eigenvalue weighted by Gasteiger charge is -2.47. The Bertz CT molecular complexity index is 1340. The SMILES string of the molecule is C[C@H]1C2CCC(CC2)[C@@H]1Nc1nc(-c2c[nH]c3c(F)cc(F)cc23)nc2cccc(F)c12. The normalized spacial score (nSPS) is 25.0. The number of aromatic nitrogens is 3. The van der Waals surface area contributed by atoms with Crippen molar-refractivity contribution >= 4 is 27.6 Å². The topological polar surface area (TPSA) is 53.6 Å².